The van der Waals surface area contributed by atoms with E-state index in [-0.39, 0.29) is 0 Å². The summed E-state index contributed by atoms with van der Waals surface area (Å²) in [6.07, 6.45) is 6.53. The number of hydrogen-bond donors (Lipinski definition) is 1. The lowest BCUT2D eigenvalue weighted by Gasteiger charge is -2.55. The Balaban J connectivity index is 2.05. The van der Waals surface area contributed by atoms with Crippen molar-refractivity contribution >= 4 is 0 Å². The summed E-state index contributed by atoms with van der Waals surface area (Å²) in [5, 5.41) is 0. The Bertz CT molecular complexity index is 533. The van der Waals surface area contributed by atoms with Crippen LogP contribution in [0.3, 0.4) is 0 Å². The summed E-state index contributed by atoms with van der Waals surface area (Å²) >= 11 is 0. The molecule has 1 aromatic rings. The third kappa shape index (κ3) is 2.25. The van der Waals surface area contributed by atoms with Gasteiger partial charge >= 0.3 is 0 Å². The van der Waals surface area contributed by atoms with E-state index in [0.717, 1.165) is 12.5 Å². The van der Waals surface area contributed by atoms with E-state index >= 15 is 0 Å². The predicted molar refractivity (Wildman–Crippen MR) is 90.7 cm³/mol. The largest absolute Gasteiger partial charge is 0.330 e. The Kier molecular flexibility index (Phi) is 3.68. The van der Waals surface area contributed by atoms with Crippen LogP contribution in [0.2, 0.25) is 0 Å². The molecule has 1 aromatic carbocycles. The molecule has 0 unspecified atom stereocenters. The number of aryl methyl sites for hydroxylation is 1. The molecule has 1 heteroatoms. The minimum Gasteiger partial charge on any atom is -0.330 e. The fourth-order valence-corrected chi connectivity index (χ4v) is 5.25. The first-order chi connectivity index (χ1) is 9.90. The predicted octanol–water partition coefficient (Wildman–Crippen LogP) is 4.78. The summed E-state index contributed by atoms with van der Waals surface area (Å²) in [5.74, 6) is 1.38. The standard InChI is InChI=1S/C20H31N/c1-14(2)15-6-8-17-16(12-15)7-9-18-19(3,13-21)10-5-11-20(17,18)4/h6,8,12,14,18H,5,7,9-11,13,21H2,1-4H3/t18-,19-,20+/m1/s1. The summed E-state index contributed by atoms with van der Waals surface area (Å²) in [4.78, 5) is 0. The molecule has 0 aliphatic heterocycles. The molecular weight excluding hydrogens is 254 g/mol. The molecule has 116 valence electrons. The lowest BCUT2D eigenvalue weighted by Crippen LogP contribution is -2.51. The Morgan fingerprint density at radius 1 is 1.24 bits per heavy atom. The van der Waals surface area contributed by atoms with Crippen LogP contribution in [0.1, 0.15) is 76.0 Å². The van der Waals surface area contributed by atoms with E-state index in [1.807, 2.05) is 0 Å². The molecular formula is C20H31N. The van der Waals surface area contributed by atoms with Gasteiger partial charge in [-0.3, -0.25) is 0 Å². The Morgan fingerprint density at radius 3 is 2.67 bits per heavy atom. The molecule has 0 bridgehead atoms. The highest BCUT2D eigenvalue weighted by Gasteiger charge is 2.50. The van der Waals surface area contributed by atoms with Crippen molar-refractivity contribution in [2.75, 3.05) is 6.54 Å². The molecule has 2 aliphatic carbocycles. The van der Waals surface area contributed by atoms with E-state index in [1.54, 1.807) is 11.1 Å². The lowest BCUT2D eigenvalue weighted by atomic mass is 9.50. The maximum Gasteiger partial charge on any atom is -0.00202 e. The van der Waals surface area contributed by atoms with E-state index in [2.05, 4.69) is 45.9 Å². The van der Waals surface area contributed by atoms with E-state index in [1.165, 1.54) is 37.7 Å². The van der Waals surface area contributed by atoms with Crippen LogP contribution in [0.5, 0.6) is 0 Å². The number of fused-ring (bicyclic) bond motifs is 3. The first-order valence-corrected chi connectivity index (χ1v) is 8.74. The van der Waals surface area contributed by atoms with Gasteiger partial charge in [0.15, 0.2) is 0 Å². The van der Waals surface area contributed by atoms with Crippen molar-refractivity contribution in [2.24, 2.45) is 17.1 Å². The normalized spacial score (nSPS) is 35.4. The van der Waals surface area contributed by atoms with E-state index in [0.29, 0.717) is 16.7 Å². The second kappa shape index (κ2) is 5.12. The molecule has 0 heterocycles. The Labute approximate surface area is 130 Å². The van der Waals surface area contributed by atoms with Crippen LogP contribution in [0, 0.1) is 11.3 Å². The fraction of sp³-hybridized carbons (Fsp3) is 0.700. The second-order valence-electron chi connectivity index (χ2n) is 8.29. The molecule has 0 saturated heterocycles. The van der Waals surface area contributed by atoms with Crippen LogP contribution >= 0.6 is 0 Å². The van der Waals surface area contributed by atoms with Crippen molar-refractivity contribution in [1.82, 2.24) is 0 Å². The van der Waals surface area contributed by atoms with Gasteiger partial charge in [0.1, 0.15) is 0 Å². The molecule has 0 spiro atoms. The van der Waals surface area contributed by atoms with Crippen molar-refractivity contribution in [1.29, 1.82) is 0 Å². The minimum absolute atomic E-state index is 0.335. The first kappa shape index (κ1) is 15.1. The highest BCUT2D eigenvalue weighted by atomic mass is 14.7. The number of hydrogen-bond acceptors (Lipinski definition) is 1. The van der Waals surface area contributed by atoms with Gasteiger partial charge in [-0.2, -0.15) is 0 Å². The molecule has 1 saturated carbocycles. The summed E-state index contributed by atoms with van der Waals surface area (Å²) in [5.41, 5.74) is 11.6. The molecule has 21 heavy (non-hydrogen) atoms. The molecule has 0 amide bonds. The van der Waals surface area contributed by atoms with Crippen LogP contribution in [0.25, 0.3) is 0 Å². The van der Waals surface area contributed by atoms with Crippen molar-refractivity contribution in [3.63, 3.8) is 0 Å². The minimum atomic E-state index is 0.335. The van der Waals surface area contributed by atoms with Gasteiger partial charge < -0.3 is 5.73 Å². The van der Waals surface area contributed by atoms with Crippen LogP contribution < -0.4 is 5.73 Å². The summed E-state index contributed by atoms with van der Waals surface area (Å²) in [7, 11) is 0. The van der Waals surface area contributed by atoms with Gasteiger partial charge in [0.25, 0.3) is 0 Å². The average molecular weight is 285 g/mol. The number of benzene rings is 1. The van der Waals surface area contributed by atoms with Gasteiger partial charge in [-0.15, -0.1) is 0 Å². The average Bonchev–Trinajstić information content (AvgIpc) is 2.46. The monoisotopic (exact) mass is 285 g/mol. The SMILES string of the molecule is CC(C)c1ccc2c(c1)CC[C@@H]1[C@@](C)(CN)CCC[C@@]21C. The van der Waals surface area contributed by atoms with Crippen molar-refractivity contribution in [3.05, 3.63) is 34.9 Å². The van der Waals surface area contributed by atoms with E-state index in [4.69, 9.17) is 5.73 Å². The van der Waals surface area contributed by atoms with E-state index < -0.39 is 0 Å². The zero-order valence-corrected chi connectivity index (χ0v) is 14.2. The lowest BCUT2D eigenvalue weighted by molar-refractivity contribution is 0.0326. The van der Waals surface area contributed by atoms with E-state index in [9.17, 15) is 0 Å². The van der Waals surface area contributed by atoms with Crippen molar-refractivity contribution < 1.29 is 0 Å². The van der Waals surface area contributed by atoms with Gasteiger partial charge in [0.2, 0.25) is 0 Å². The molecule has 2 N–H and O–H groups in total. The maximum absolute atomic E-state index is 6.19. The summed E-state index contributed by atoms with van der Waals surface area (Å²) < 4.78 is 0. The van der Waals surface area contributed by atoms with Crippen molar-refractivity contribution in [3.8, 4) is 0 Å². The fourth-order valence-electron chi connectivity index (χ4n) is 5.25. The van der Waals surface area contributed by atoms with Crippen LogP contribution in [0.15, 0.2) is 18.2 Å². The topological polar surface area (TPSA) is 26.0 Å². The molecule has 3 atom stereocenters. The quantitative estimate of drug-likeness (QED) is 0.831. The number of nitrogens with two attached hydrogens (primary N) is 1. The summed E-state index contributed by atoms with van der Waals surface area (Å²) in [6, 6.07) is 7.29. The van der Waals surface area contributed by atoms with Gasteiger partial charge in [-0.05, 0) is 71.6 Å². The zero-order chi connectivity index (χ0) is 15.3. The molecule has 0 aromatic heterocycles. The van der Waals surface area contributed by atoms with Crippen molar-refractivity contribution in [2.45, 2.75) is 71.1 Å². The highest BCUT2D eigenvalue weighted by molar-refractivity contribution is 5.42. The third-order valence-corrected chi connectivity index (χ3v) is 6.63. The summed E-state index contributed by atoms with van der Waals surface area (Å²) in [6.45, 7) is 10.4. The first-order valence-electron chi connectivity index (χ1n) is 8.74. The smallest absolute Gasteiger partial charge is 0.00202 e. The zero-order valence-electron chi connectivity index (χ0n) is 14.2. The Morgan fingerprint density at radius 2 is 2.00 bits per heavy atom. The molecule has 0 radical (unpaired) electrons. The van der Waals surface area contributed by atoms with Gasteiger partial charge in [-0.25, -0.2) is 0 Å². The van der Waals surface area contributed by atoms with Gasteiger partial charge in [0, 0.05) is 0 Å². The van der Waals surface area contributed by atoms with Crippen LogP contribution in [-0.2, 0) is 11.8 Å². The van der Waals surface area contributed by atoms with Crippen LogP contribution in [0.4, 0.5) is 0 Å². The Hall–Kier alpha value is -0.820. The second-order valence-corrected chi connectivity index (χ2v) is 8.29. The van der Waals surface area contributed by atoms with Crippen LogP contribution in [-0.4, -0.2) is 6.54 Å². The number of rotatable bonds is 2. The van der Waals surface area contributed by atoms with Gasteiger partial charge in [-0.1, -0.05) is 52.3 Å². The molecule has 1 fully saturated rings. The molecule has 1 nitrogen and oxygen atoms in total. The molecule has 2 aliphatic rings. The molecule has 3 rings (SSSR count). The van der Waals surface area contributed by atoms with Gasteiger partial charge in [0.05, 0.1) is 0 Å². The third-order valence-electron chi connectivity index (χ3n) is 6.63. The maximum atomic E-state index is 6.19. The highest BCUT2D eigenvalue weighted by Crippen LogP contribution is 2.56.